The number of carbonyl (C=O) groups excluding carboxylic acids is 2. The van der Waals surface area contributed by atoms with Gasteiger partial charge in [-0.15, -0.1) is 0 Å². The van der Waals surface area contributed by atoms with Gasteiger partial charge in [0.15, 0.2) is 0 Å². The van der Waals surface area contributed by atoms with Crippen molar-refractivity contribution >= 4 is 40.8 Å². The second kappa shape index (κ2) is 9.47. The molecule has 0 spiro atoms. The van der Waals surface area contributed by atoms with Crippen LogP contribution >= 0.6 is 23.2 Å². The Labute approximate surface area is 134 Å². The molecule has 0 unspecified atom stereocenters. The maximum atomic E-state index is 11.6. The minimum atomic E-state index is -0.546. The van der Waals surface area contributed by atoms with E-state index in [1.165, 1.54) is 6.07 Å². The van der Waals surface area contributed by atoms with Crippen LogP contribution in [-0.2, 0) is 4.79 Å². The van der Waals surface area contributed by atoms with Gasteiger partial charge in [0.25, 0.3) is 0 Å². The zero-order chi connectivity index (χ0) is 15.7. The summed E-state index contributed by atoms with van der Waals surface area (Å²) in [7, 11) is 0. The molecule has 3 N–H and O–H groups in total. The molecular formula is C14H19Cl2N3O2. The van der Waals surface area contributed by atoms with Crippen molar-refractivity contribution in [3.05, 3.63) is 28.2 Å². The van der Waals surface area contributed by atoms with Crippen LogP contribution in [0.5, 0.6) is 0 Å². The van der Waals surface area contributed by atoms with Crippen molar-refractivity contribution in [2.45, 2.75) is 39.0 Å². The fourth-order valence-electron chi connectivity index (χ4n) is 1.64. The normalized spacial score (nSPS) is 10.0. The van der Waals surface area contributed by atoms with Crippen LogP contribution in [0, 0.1) is 0 Å². The van der Waals surface area contributed by atoms with E-state index in [-0.39, 0.29) is 5.91 Å². The molecule has 0 aliphatic heterocycles. The van der Waals surface area contributed by atoms with Crippen molar-refractivity contribution in [2.24, 2.45) is 0 Å². The van der Waals surface area contributed by atoms with E-state index < -0.39 is 6.03 Å². The largest absolute Gasteiger partial charge is 0.337 e. The van der Waals surface area contributed by atoms with Crippen LogP contribution < -0.4 is 16.2 Å². The minimum Gasteiger partial charge on any atom is -0.307 e. The lowest BCUT2D eigenvalue weighted by molar-refractivity contribution is -0.121. The molecule has 0 fully saturated rings. The summed E-state index contributed by atoms with van der Waals surface area (Å²) in [6, 6.07) is 4.16. The Morgan fingerprint density at radius 1 is 1.05 bits per heavy atom. The van der Waals surface area contributed by atoms with Crippen LogP contribution in [0.4, 0.5) is 10.5 Å². The lowest BCUT2D eigenvalue weighted by atomic mass is 10.1. The average molecular weight is 332 g/mol. The van der Waals surface area contributed by atoms with Gasteiger partial charge in [0, 0.05) is 12.1 Å². The van der Waals surface area contributed by atoms with Gasteiger partial charge >= 0.3 is 6.03 Å². The average Bonchev–Trinajstić information content (AvgIpc) is 2.45. The molecule has 7 heteroatoms. The maximum absolute atomic E-state index is 11.6. The van der Waals surface area contributed by atoms with Gasteiger partial charge in [0.1, 0.15) is 0 Å². The van der Waals surface area contributed by atoms with E-state index in [0.29, 0.717) is 22.2 Å². The monoisotopic (exact) mass is 331 g/mol. The van der Waals surface area contributed by atoms with Gasteiger partial charge in [-0.25, -0.2) is 10.2 Å². The highest BCUT2D eigenvalue weighted by Crippen LogP contribution is 2.24. The summed E-state index contributed by atoms with van der Waals surface area (Å²) in [5.74, 6) is -0.213. The standard InChI is InChI=1S/C14H19Cl2N3O2/c1-2-3-4-5-6-13(20)18-19-14(21)17-10-7-8-11(15)12(16)9-10/h7-9H,2-6H2,1H3,(H,18,20)(H2,17,19,21). The van der Waals surface area contributed by atoms with Crippen LogP contribution in [0.25, 0.3) is 0 Å². The van der Waals surface area contributed by atoms with E-state index in [1.807, 2.05) is 0 Å². The number of nitrogens with one attached hydrogen (secondary N) is 3. The first-order chi connectivity index (χ1) is 10.0. The molecule has 0 aromatic heterocycles. The maximum Gasteiger partial charge on any atom is 0.337 e. The summed E-state index contributed by atoms with van der Waals surface area (Å²) >= 11 is 11.6. The van der Waals surface area contributed by atoms with E-state index >= 15 is 0 Å². The molecule has 116 valence electrons. The van der Waals surface area contributed by atoms with Crippen LogP contribution in [0.3, 0.4) is 0 Å². The van der Waals surface area contributed by atoms with Gasteiger partial charge in [0.2, 0.25) is 5.91 Å². The minimum absolute atomic E-state index is 0.213. The molecule has 0 saturated heterocycles. The zero-order valence-corrected chi connectivity index (χ0v) is 13.4. The van der Waals surface area contributed by atoms with E-state index in [4.69, 9.17) is 23.2 Å². The van der Waals surface area contributed by atoms with Crippen molar-refractivity contribution in [2.75, 3.05) is 5.32 Å². The Kier molecular flexibility index (Phi) is 7.93. The number of anilines is 1. The van der Waals surface area contributed by atoms with E-state index in [2.05, 4.69) is 23.1 Å². The number of benzene rings is 1. The van der Waals surface area contributed by atoms with Crippen LogP contribution in [0.15, 0.2) is 18.2 Å². The first-order valence-electron chi connectivity index (χ1n) is 6.83. The number of hydrazine groups is 1. The molecule has 0 aliphatic carbocycles. The van der Waals surface area contributed by atoms with E-state index in [9.17, 15) is 9.59 Å². The molecule has 0 aliphatic rings. The number of unbranched alkanes of at least 4 members (excludes halogenated alkanes) is 3. The van der Waals surface area contributed by atoms with E-state index in [0.717, 1.165) is 25.7 Å². The van der Waals surface area contributed by atoms with Crippen molar-refractivity contribution < 1.29 is 9.59 Å². The molecule has 0 saturated carbocycles. The molecule has 0 atom stereocenters. The summed E-state index contributed by atoms with van der Waals surface area (Å²) in [6.45, 7) is 2.11. The first-order valence-corrected chi connectivity index (χ1v) is 7.59. The Morgan fingerprint density at radius 2 is 1.81 bits per heavy atom. The molecule has 3 amide bonds. The predicted molar refractivity (Wildman–Crippen MR) is 85.5 cm³/mol. The second-order valence-corrected chi connectivity index (χ2v) is 5.38. The van der Waals surface area contributed by atoms with Crippen LogP contribution in [-0.4, -0.2) is 11.9 Å². The zero-order valence-electron chi connectivity index (χ0n) is 11.8. The Bertz CT molecular complexity index is 495. The molecule has 0 bridgehead atoms. The number of amides is 3. The molecule has 0 radical (unpaired) electrons. The summed E-state index contributed by atoms with van der Waals surface area (Å²) in [4.78, 5) is 23.0. The Balaban J connectivity index is 2.27. The lowest BCUT2D eigenvalue weighted by Gasteiger charge is -2.09. The number of rotatable bonds is 6. The van der Waals surface area contributed by atoms with Crippen LogP contribution in [0.2, 0.25) is 10.0 Å². The van der Waals surface area contributed by atoms with Gasteiger partial charge in [-0.1, -0.05) is 49.4 Å². The Hall–Kier alpha value is -1.46. The second-order valence-electron chi connectivity index (χ2n) is 4.57. The molecule has 0 heterocycles. The molecule has 1 aromatic rings. The third-order valence-corrected chi connectivity index (χ3v) is 3.49. The molecule has 21 heavy (non-hydrogen) atoms. The summed E-state index contributed by atoms with van der Waals surface area (Å²) in [6.07, 6.45) is 4.45. The summed E-state index contributed by atoms with van der Waals surface area (Å²) < 4.78 is 0. The van der Waals surface area contributed by atoms with Crippen molar-refractivity contribution in [3.8, 4) is 0 Å². The predicted octanol–water partition coefficient (Wildman–Crippen LogP) is 4.12. The smallest absolute Gasteiger partial charge is 0.307 e. The SMILES string of the molecule is CCCCCCC(=O)NNC(=O)Nc1ccc(Cl)c(Cl)c1. The van der Waals surface area contributed by atoms with Gasteiger partial charge in [-0.05, 0) is 24.6 Å². The first kappa shape index (κ1) is 17.6. The number of hydrogen-bond donors (Lipinski definition) is 3. The summed E-state index contributed by atoms with van der Waals surface area (Å²) in [5, 5.41) is 3.28. The van der Waals surface area contributed by atoms with Crippen molar-refractivity contribution in [1.29, 1.82) is 0 Å². The van der Waals surface area contributed by atoms with Crippen LogP contribution in [0.1, 0.15) is 39.0 Å². The highest BCUT2D eigenvalue weighted by atomic mass is 35.5. The molecule has 1 rings (SSSR count). The fourth-order valence-corrected chi connectivity index (χ4v) is 1.94. The van der Waals surface area contributed by atoms with Gasteiger partial charge in [-0.3, -0.25) is 10.2 Å². The van der Waals surface area contributed by atoms with Crippen molar-refractivity contribution in [3.63, 3.8) is 0 Å². The number of halogens is 2. The third kappa shape index (κ3) is 7.20. The van der Waals surface area contributed by atoms with Gasteiger partial charge < -0.3 is 5.32 Å². The lowest BCUT2D eigenvalue weighted by Crippen LogP contribution is -2.43. The quantitative estimate of drug-likeness (QED) is 0.542. The Morgan fingerprint density at radius 3 is 2.48 bits per heavy atom. The van der Waals surface area contributed by atoms with Gasteiger partial charge in [0.05, 0.1) is 10.0 Å². The third-order valence-electron chi connectivity index (χ3n) is 2.75. The summed E-state index contributed by atoms with van der Waals surface area (Å²) in [5.41, 5.74) is 5.11. The highest BCUT2D eigenvalue weighted by molar-refractivity contribution is 6.42. The van der Waals surface area contributed by atoms with E-state index in [1.54, 1.807) is 12.1 Å². The van der Waals surface area contributed by atoms with Crippen molar-refractivity contribution in [1.82, 2.24) is 10.9 Å². The number of carbonyl (C=O) groups is 2. The number of urea groups is 1. The van der Waals surface area contributed by atoms with Gasteiger partial charge in [-0.2, -0.15) is 0 Å². The topological polar surface area (TPSA) is 70.2 Å². The molecule has 1 aromatic carbocycles. The molecular weight excluding hydrogens is 313 g/mol. The highest BCUT2D eigenvalue weighted by Gasteiger charge is 2.06. The fraction of sp³-hybridized carbons (Fsp3) is 0.429. The number of hydrogen-bond acceptors (Lipinski definition) is 2. The molecule has 5 nitrogen and oxygen atoms in total.